The molecule has 1 aromatic carbocycles. The fraction of sp³-hybridized carbons (Fsp3) is 0.471. The molecule has 9 heteroatoms. The lowest BCUT2D eigenvalue weighted by atomic mass is 9.90. The summed E-state index contributed by atoms with van der Waals surface area (Å²) in [4.78, 5) is 17.5. The van der Waals surface area contributed by atoms with Crippen molar-refractivity contribution in [2.24, 2.45) is 16.6 Å². The summed E-state index contributed by atoms with van der Waals surface area (Å²) in [6.07, 6.45) is 1.57. The van der Waals surface area contributed by atoms with Gasteiger partial charge in [0.15, 0.2) is 0 Å². The normalized spacial score (nSPS) is 15.7. The highest BCUT2D eigenvalue weighted by Crippen LogP contribution is 2.27. The number of hydrogen-bond donors (Lipinski definition) is 2. The van der Waals surface area contributed by atoms with E-state index in [0.29, 0.717) is 25.9 Å². The number of amidine groups is 1. The van der Waals surface area contributed by atoms with Crippen molar-refractivity contribution in [1.82, 2.24) is 10.2 Å². The molecule has 0 spiro atoms. The van der Waals surface area contributed by atoms with Crippen LogP contribution in [0.2, 0.25) is 0 Å². The van der Waals surface area contributed by atoms with Gasteiger partial charge in [-0.3, -0.25) is 5.32 Å². The van der Waals surface area contributed by atoms with E-state index < -0.39 is 11.6 Å². The van der Waals surface area contributed by atoms with E-state index in [2.05, 4.69) is 10.3 Å². The molecule has 26 heavy (non-hydrogen) atoms. The second-order valence-corrected chi connectivity index (χ2v) is 6.58. The molecule has 1 saturated heterocycles. The molecular weight excluding hydrogens is 362 g/mol. The fourth-order valence-corrected chi connectivity index (χ4v) is 3.11. The van der Waals surface area contributed by atoms with Gasteiger partial charge in [0.2, 0.25) is 5.11 Å². The largest absolute Gasteiger partial charge is 0.497 e. The first-order valence-electron chi connectivity index (χ1n) is 8.22. The highest BCUT2D eigenvalue weighted by Gasteiger charge is 2.25. The summed E-state index contributed by atoms with van der Waals surface area (Å²) < 4.78 is 33.0. The molecule has 1 aliphatic heterocycles. The van der Waals surface area contributed by atoms with Gasteiger partial charge in [-0.15, -0.1) is 0 Å². The van der Waals surface area contributed by atoms with E-state index in [-0.39, 0.29) is 40.6 Å². The molecule has 0 unspecified atom stereocenters. The molecule has 0 bridgehead atoms. The monoisotopic (exact) mass is 384 g/mol. The number of piperidine rings is 1. The maximum atomic E-state index is 14.1. The summed E-state index contributed by atoms with van der Waals surface area (Å²) >= 11 is 4.92. The van der Waals surface area contributed by atoms with E-state index in [1.165, 1.54) is 19.2 Å². The van der Waals surface area contributed by atoms with Gasteiger partial charge in [-0.2, -0.15) is 0 Å². The lowest BCUT2D eigenvalue weighted by molar-refractivity contribution is 0.174. The van der Waals surface area contributed by atoms with Crippen LogP contribution in [0.15, 0.2) is 17.1 Å². The summed E-state index contributed by atoms with van der Waals surface area (Å²) in [6.45, 7) is 2.52. The molecule has 1 heterocycles. The summed E-state index contributed by atoms with van der Waals surface area (Å²) in [5.41, 5.74) is 5.47. The van der Waals surface area contributed by atoms with Crippen molar-refractivity contribution in [2.75, 3.05) is 20.2 Å². The third kappa shape index (κ3) is 5.35. The van der Waals surface area contributed by atoms with Gasteiger partial charge < -0.3 is 15.4 Å². The Morgan fingerprint density at radius 2 is 1.96 bits per heavy atom. The Morgan fingerprint density at radius 1 is 1.38 bits per heavy atom. The number of urea groups is 1. The number of methoxy groups -OCH3 is 1. The molecule has 0 aliphatic carbocycles. The van der Waals surface area contributed by atoms with Gasteiger partial charge in [-0.1, -0.05) is 0 Å². The number of halogens is 2. The zero-order chi connectivity index (χ0) is 19.3. The highest BCUT2D eigenvalue weighted by atomic mass is 32.1. The lowest BCUT2D eigenvalue weighted by Gasteiger charge is -2.32. The minimum atomic E-state index is -0.609. The second-order valence-electron chi connectivity index (χ2n) is 6.19. The Bertz CT molecular complexity index is 692. The van der Waals surface area contributed by atoms with E-state index in [9.17, 15) is 13.6 Å². The van der Waals surface area contributed by atoms with Crippen molar-refractivity contribution in [3.05, 3.63) is 29.3 Å². The van der Waals surface area contributed by atoms with Crippen molar-refractivity contribution < 1.29 is 18.3 Å². The topological polar surface area (TPSA) is 80.0 Å². The number of benzene rings is 1. The number of carbonyl (C=O) groups is 1. The van der Waals surface area contributed by atoms with Gasteiger partial charge in [0.05, 0.1) is 12.9 Å². The maximum absolute atomic E-state index is 14.1. The number of carbonyl (C=O) groups excluding carboxylic acids is 1. The summed E-state index contributed by atoms with van der Waals surface area (Å²) in [5, 5.41) is 2.51. The van der Waals surface area contributed by atoms with Crippen LogP contribution in [0.3, 0.4) is 0 Å². The zero-order valence-corrected chi connectivity index (χ0v) is 15.5. The Kier molecular flexibility index (Phi) is 6.84. The van der Waals surface area contributed by atoms with Crippen LogP contribution < -0.4 is 15.8 Å². The van der Waals surface area contributed by atoms with Gasteiger partial charge in [0.25, 0.3) is 0 Å². The molecule has 142 valence electrons. The number of hydrogen-bond acceptors (Lipinski definition) is 3. The van der Waals surface area contributed by atoms with Gasteiger partial charge in [0.1, 0.15) is 17.4 Å². The van der Waals surface area contributed by atoms with Crippen molar-refractivity contribution in [2.45, 2.75) is 26.2 Å². The molecule has 1 fully saturated rings. The molecule has 2 rings (SSSR count). The fourth-order valence-electron chi connectivity index (χ4n) is 2.88. The molecule has 0 atom stereocenters. The van der Waals surface area contributed by atoms with Crippen LogP contribution in [0.4, 0.5) is 13.6 Å². The smallest absolute Gasteiger partial charge is 0.323 e. The van der Waals surface area contributed by atoms with Gasteiger partial charge in [-0.05, 0) is 44.3 Å². The molecule has 0 radical (unpaired) electrons. The quantitative estimate of drug-likeness (QED) is 0.477. The molecular formula is C17H22F2N4O2S. The number of rotatable bonds is 3. The van der Waals surface area contributed by atoms with E-state index in [4.69, 9.17) is 22.7 Å². The number of thiocarbonyl (C=S) groups is 1. The Morgan fingerprint density at radius 3 is 2.46 bits per heavy atom. The van der Waals surface area contributed by atoms with Gasteiger partial charge in [0, 0.05) is 30.8 Å². The number of nitrogens with zero attached hydrogens (tertiary/aromatic N) is 2. The third-order valence-electron chi connectivity index (χ3n) is 4.24. The van der Waals surface area contributed by atoms with Crippen molar-refractivity contribution >= 4 is 29.2 Å². The second kappa shape index (κ2) is 8.88. The van der Waals surface area contributed by atoms with Crippen LogP contribution in [0.5, 0.6) is 5.75 Å². The number of amides is 2. The van der Waals surface area contributed by atoms with Gasteiger partial charge >= 0.3 is 6.03 Å². The standard InChI is InChI=1S/C17H22F2N4O2S/c1-10(20)21-16(26)22-17(24)23-5-3-11(4-6-23)7-13-14(18)8-12(25-2)9-15(13)19/h8-9,11H,3-7H2,1-2H3,(H3,20,21,22,24,26). The minimum absolute atomic E-state index is 0.0134. The van der Waals surface area contributed by atoms with Crippen molar-refractivity contribution in [3.8, 4) is 5.75 Å². The predicted molar refractivity (Wildman–Crippen MR) is 99.3 cm³/mol. The van der Waals surface area contributed by atoms with E-state index in [1.807, 2.05) is 0 Å². The number of aliphatic imine (C=N–C) groups is 1. The molecule has 0 aromatic heterocycles. The highest BCUT2D eigenvalue weighted by molar-refractivity contribution is 7.80. The minimum Gasteiger partial charge on any atom is -0.497 e. The summed E-state index contributed by atoms with van der Waals surface area (Å²) in [5.74, 6) is -0.711. The molecule has 2 amide bonds. The molecule has 6 nitrogen and oxygen atoms in total. The number of nitrogens with two attached hydrogens (primary N) is 1. The maximum Gasteiger partial charge on any atom is 0.323 e. The Labute approximate surface area is 156 Å². The molecule has 1 aliphatic rings. The molecule has 0 saturated carbocycles. The first-order valence-corrected chi connectivity index (χ1v) is 8.63. The predicted octanol–water partition coefficient (Wildman–Crippen LogP) is 2.60. The van der Waals surface area contributed by atoms with Crippen LogP contribution in [0.1, 0.15) is 25.3 Å². The summed E-state index contributed by atoms with van der Waals surface area (Å²) in [6, 6.07) is 2.02. The first-order chi connectivity index (χ1) is 12.3. The average Bonchev–Trinajstić information content (AvgIpc) is 2.57. The van der Waals surface area contributed by atoms with Crippen LogP contribution in [0, 0.1) is 17.6 Å². The lowest BCUT2D eigenvalue weighted by Crippen LogP contribution is -2.46. The average molecular weight is 384 g/mol. The Balaban J connectivity index is 1.90. The molecule has 3 N–H and O–H groups in total. The summed E-state index contributed by atoms with van der Waals surface area (Å²) in [7, 11) is 1.36. The van der Waals surface area contributed by atoms with Crippen molar-refractivity contribution in [3.63, 3.8) is 0 Å². The number of ether oxygens (including phenoxy) is 1. The molecule has 1 aromatic rings. The number of likely N-dealkylation sites (tertiary alicyclic amines) is 1. The van der Waals surface area contributed by atoms with Crippen LogP contribution >= 0.6 is 12.2 Å². The van der Waals surface area contributed by atoms with Crippen molar-refractivity contribution in [1.29, 1.82) is 0 Å². The van der Waals surface area contributed by atoms with Crippen LogP contribution in [-0.4, -0.2) is 42.1 Å². The van der Waals surface area contributed by atoms with E-state index in [1.54, 1.807) is 11.8 Å². The first kappa shape index (κ1) is 20.0. The third-order valence-corrected chi connectivity index (χ3v) is 4.43. The van der Waals surface area contributed by atoms with E-state index >= 15 is 0 Å². The van der Waals surface area contributed by atoms with E-state index in [0.717, 1.165) is 0 Å². The van der Waals surface area contributed by atoms with Crippen LogP contribution in [-0.2, 0) is 6.42 Å². The van der Waals surface area contributed by atoms with Gasteiger partial charge in [-0.25, -0.2) is 18.6 Å². The van der Waals surface area contributed by atoms with Crippen LogP contribution in [0.25, 0.3) is 0 Å². The zero-order valence-electron chi connectivity index (χ0n) is 14.7. The SMILES string of the molecule is COc1cc(F)c(CC2CCN(C(=O)NC(=S)/N=C(/C)N)CC2)c(F)c1. The Hall–Kier alpha value is -2.29. The number of nitrogens with one attached hydrogen (secondary N) is 1.